The second-order valence-corrected chi connectivity index (χ2v) is 7.16. The summed E-state index contributed by atoms with van der Waals surface area (Å²) in [5.41, 5.74) is 2.81. The molecule has 0 saturated carbocycles. The molecule has 3 rings (SSSR count). The van der Waals surface area contributed by atoms with Crippen LogP contribution in [0.1, 0.15) is 42.7 Å². The number of rotatable bonds is 6. The highest BCUT2D eigenvalue weighted by Gasteiger charge is 2.19. The zero-order chi connectivity index (χ0) is 18.5. The summed E-state index contributed by atoms with van der Waals surface area (Å²) in [6.07, 6.45) is 4.94. The number of likely N-dealkylation sites (N-methyl/N-ethyl adjacent to an activating group) is 1. The van der Waals surface area contributed by atoms with E-state index in [2.05, 4.69) is 4.98 Å². The third-order valence-electron chi connectivity index (χ3n) is 4.96. The molecule has 140 valence electrons. The van der Waals surface area contributed by atoms with Gasteiger partial charge in [0.1, 0.15) is 5.76 Å². The van der Waals surface area contributed by atoms with E-state index in [1.807, 2.05) is 45.2 Å². The van der Waals surface area contributed by atoms with Gasteiger partial charge in [0.05, 0.1) is 18.2 Å². The maximum absolute atomic E-state index is 12.5. The first-order chi connectivity index (χ1) is 12.5. The molecular formula is C21H28N2O3. The van der Waals surface area contributed by atoms with E-state index in [1.165, 1.54) is 6.42 Å². The number of amides is 1. The molecule has 1 saturated heterocycles. The quantitative estimate of drug-likeness (QED) is 0.787. The van der Waals surface area contributed by atoms with E-state index in [4.69, 9.17) is 9.15 Å². The molecule has 1 aliphatic rings. The van der Waals surface area contributed by atoms with Crippen LogP contribution >= 0.6 is 0 Å². The third-order valence-corrected chi connectivity index (χ3v) is 4.96. The van der Waals surface area contributed by atoms with Crippen molar-refractivity contribution in [3.05, 3.63) is 41.3 Å². The minimum atomic E-state index is 0.0630. The molecule has 5 heteroatoms. The van der Waals surface area contributed by atoms with Crippen LogP contribution in [-0.2, 0) is 16.0 Å². The van der Waals surface area contributed by atoms with Crippen molar-refractivity contribution < 1.29 is 13.9 Å². The van der Waals surface area contributed by atoms with E-state index in [-0.39, 0.29) is 12.3 Å². The van der Waals surface area contributed by atoms with Crippen LogP contribution in [0.15, 0.2) is 28.7 Å². The van der Waals surface area contributed by atoms with Gasteiger partial charge in [0.2, 0.25) is 11.8 Å². The lowest BCUT2D eigenvalue weighted by molar-refractivity contribution is -0.129. The number of aryl methyl sites for hydroxylation is 2. The van der Waals surface area contributed by atoms with Crippen molar-refractivity contribution in [3.63, 3.8) is 0 Å². The number of benzene rings is 1. The van der Waals surface area contributed by atoms with Crippen LogP contribution in [0.5, 0.6) is 0 Å². The van der Waals surface area contributed by atoms with E-state index in [0.29, 0.717) is 30.0 Å². The summed E-state index contributed by atoms with van der Waals surface area (Å²) in [7, 11) is 1.85. The van der Waals surface area contributed by atoms with Gasteiger partial charge in [0.15, 0.2) is 0 Å². The molecule has 1 aliphatic heterocycles. The molecule has 2 heterocycles. The lowest BCUT2D eigenvalue weighted by Crippen LogP contribution is -2.32. The highest BCUT2D eigenvalue weighted by molar-refractivity contribution is 5.78. The Labute approximate surface area is 155 Å². The van der Waals surface area contributed by atoms with Gasteiger partial charge in [0, 0.05) is 25.8 Å². The van der Waals surface area contributed by atoms with Crippen molar-refractivity contribution in [2.24, 2.45) is 0 Å². The Morgan fingerprint density at radius 3 is 2.88 bits per heavy atom. The number of carbonyl (C=O) groups is 1. The summed E-state index contributed by atoms with van der Waals surface area (Å²) < 4.78 is 11.5. The maximum atomic E-state index is 12.5. The summed E-state index contributed by atoms with van der Waals surface area (Å²) in [4.78, 5) is 18.9. The summed E-state index contributed by atoms with van der Waals surface area (Å²) in [6, 6.07) is 8.03. The Morgan fingerprint density at radius 1 is 1.31 bits per heavy atom. The Hall–Kier alpha value is -2.14. The topological polar surface area (TPSA) is 55.6 Å². The van der Waals surface area contributed by atoms with Gasteiger partial charge in [-0.1, -0.05) is 17.7 Å². The summed E-state index contributed by atoms with van der Waals surface area (Å²) in [5, 5.41) is 0. The monoisotopic (exact) mass is 356 g/mol. The molecule has 5 nitrogen and oxygen atoms in total. The summed E-state index contributed by atoms with van der Waals surface area (Å²) in [6.45, 7) is 5.47. The highest BCUT2D eigenvalue weighted by atomic mass is 16.5. The number of ether oxygens (including phenoxy) is 1. The molecule has 0 N–H and O–H groups in total. The van der Waals surface area contributed by atoms with E-state index < -0.39 is 0 Å². The van der Waals surface area contributed by atoms with E-state index in [0.717, 1.165) is 37.0 Å². The van der Waals surface area contributed by atoms with E-state index >= 15 is 0 Å². The number of hydrogen-bond acceptors (Lipinski definition) is 4. The van der Waals surface area contributed by atoms with Crippen molar-refractivity contribution in [2.45, 2.75) is 52.1 Å². The summed E-state index contributed by atoms with van der Waals surface area (Å²) >= 11 is 0. The molecule has 1 aromatic heterocycles. The predicted molar refractivity (Wildman–Crippen MR) is 101 cm³/mol. The SMILES string of the molecule is Cc1cccc(-c2nc(CC(=O)N(C)CCC3CCCCO3)c(C)o2)c1. The summed E-state index contributed by atoms with van der Waals surface area (Å²) in [5.74, 6) is 1.35. The number of oxazole rings is 1. The zero-order valence-corrected chi connectivity index (χ0v) is 16.0. The first-order valence-corrected chi connectivity index (χ1v) is 9.42. The van der Waals surface area contributed by atoms with Crippen molar-refractivity contribution >= 4 is 5.91 Å². The molecule has 1 amide bonds. The zero-order valence-electron chi connectivity index (χ0n) is 16.0. The van der Waals surface area contributed by atoms with E-state index in [9.17, 15) is 4.79 Å². The molecule has 1 fully saturated rings. The fraction of sp³-hybridized carbons (Fsp3) is 0.524. The Balaban J connectivity index is 1.58. The number of aromatic nitrogens is 1. The molecule has 0 bridgehead atoms. The van der Waals surface area contributed by atoms with Gasteiger partial charge in [-0.15, -0.1) is 0 Å². The van der Waals surface area contributed by atoms with Gasteiger partial charge >= 0.3 is 0 Å². The van der Waals surface area contributed by atoms with Gasteiger partial charge in [-0.25, -0.2) is 4.98 Å². The van der Waals surface area contributed by atoms with Gasteiger partial charge in [-0.3, -0.25) is 4.79 Å². The van der Waals surface area contributed by atoms with E-state index in [1.54, 1.807) is 4.90 Å². The second-order valence-electron chi connectivity index (χ2n) is 7.16. The van der Waals surface area contributed by atoms with Gasteiger partial charge in [0.25, 0.3) is 0 Å². The first kappa shape index (κ1) is 18.6. The van der Waals surface area contributed by atoms with Crippen LogP contribution in [0.2, 0.25) is 0 Å². The number of carbonyl (C=O) groups excluding carboxylic acids is 1. The Kier molecular flexibility index (Phi) is 6.09. The standard InChI is InChI=1S/C21H28N2O3/c1-15-7-6-8-17(13-15)21-22-19(16(2)26-21)14-20(24)23(3)11-10-18-9-4-5-12-25-18/h6-8,13,18H,4-5,9-12,14H2,1-3H3. The van der Waals surface area contributed by atoms with Crippen LogP contribution in [-0.4, -0.2) is 42.1 Å². The predicted octanol–water partition coefficient (Wildman–Crippen LogP) is 3.92. The number of hydrogen-bond donors (Lipinski definition) is 0. The highest BCUT2D eigenvalue weighted by Crippen LogP contribution is 2.23. The molecule has 1 atom stereocenters. The minimum absolute atomic E-state index is 0.0630. The average molecular weight is 356 g/mol. The minimum Gasteiger partial charge on any atom is -0.441 e. The number of nitrogens with zero attached hydrogens (tertiary/aromatic N) is 2. The second kappa shape index (κ2) is 8.49. The van der Waals surface area contributed by atoms with Crippen molar-refractivity contribution in [1.29, 1.82) is 0 Å². The largest absolute Gasteiger partial charge is 0.441 e. The normalized spacial score (nSPS) is 17.3. The maximum Gasteiger partial charge on any atom is 0.228 e. The van der Waals surface area contributed by atoms with Crippen molar-refractivity contribution in [3.8, 4) is 11.5 Å². The molecule has 2 aromatic rings. The van der Waals surface area contributed by atoms with Crippen LogP contribution < -0.4 is 0 Å². The fourth-order valence-electron chi connectivity index (χ4n) is 3.27. The van der Waals surface area contributed by atoms with Crippen LogP contribution in [0.3, 0.4) is 0 Å². The first-order valence-electron chi connectivity index (χ1n) is 9.42. The van der Waals surface area contributed by atoms with Crippen molar-refractivity contribution in [1.82, 2.24) is 9.88 Å². The molecule has 1 unspecified atom stereocenters. The molecule has 0 aliphatic carbocycles. The lowest BCUT2D eigenvalue weighted by atomic mass is 10.1. The average Bonchev–Trinajstić information content (AvgIpc) is 3.01. The molecular weight excluding hydrogens is 328 g/mol. The van der Waals surface area contributed by atoms with Gasteiger partial charge in [-0.05, 0) is 51.7 Å². The van der Waals surface area contributed by atoms with Gasteiger partial charge in [-0.2, -0.15) is 0 Å². The van der Waals surface area contributed by atoms with Crippen LogP contribution in [0, 0.1) is 13.8 Å². The Morgan fingerprint density at radius 2 is 2.15 bits per heavy atom. The third kappa shape index (κ3) is 4.73. The van der Waals surface area contributed by atoms with Crippen LogP contribution in [0.4, 0.5) is 0 Å². The van der Waals surface area contributed by atoms with Gasteiger partial charge < -0.3 is 14.1 Å². The molecule has 0 radical (unpaired) electrons. The molecule has 0 spiro atoms. The van der Waals surface area contributed by atoms with Crippen molar-refractivity contribution in [2.75, 3.05) is 20.2 Å². The molecule has 1 aromatic carbocycles. The smallest absolute Gasteiger partial charge is 0.228 e. The Bertz CT molecular complexity index is 747. The van der Waals surface area contributed by atoms with Crippen LogP contribution in [0.25, 0.3) is 11.5 Å². The molecule has 26 heavy (non-hydrogen) atoms. The fourth-order valence-corrected chi connectivity index (χ4v) is 3.27. The lowest BCUT2D eigenvalue weighted by Gasteiger charge is -2.25.